The van der Waals surface area contributed by atoms with E-state index < -0.39 is 0 Å². The van der Waals surface area contributed by atoms with Crippen LogP contribution in [0.5, 0.6) is 0 Å². The zero-order valence-electron chi connectivity index (χ0n) is 12.0. The molecule has 2 heterocycles. The summed E-state index contributed by atoms with van der Waals surface area (Å²) < 4.78 is 5.75. The Hall–Kier alpha value is -2.08. The summed E-state index contributed by atoms with van der Waals surface area (Å²) in [5.74, 6) is 0.866. The molecule has 0 aliphatic carbocycles. The van der Waals surface area contributed by atoms with Crippen LogP contribution in [0.2, 0.25) is 0 Å². The van der Waals surface area contributed by atoms with E-state index in [2.05, 4.69) is 27.2 Å². The van der Waals surface area contributed by atoms with Crippen molar-refractivity contribution in [2.45, 2.75) is 30.0 Å². The number of benzene rings is 1. The third-order valence-electron chi connectivity index (χ3n) is 3.10. The molecular weight excluding hydrogens is 284 g/mol. The molecule has 0 bridgehead atoms. The number of nitrogens with one attached hydrogen (secondary N) is 1. The minimum atomic E-state index is 0.606. The van der Waals surface area contributed by atoms with Gasteiger partial charge in [0.25, 0.3) is 5.22 Å². The molecule has 5 nitrogen and oxygen atoms in total. The van der Waals surface area contributed by atoms with Gasteiger partial charge in [-0.05, 0) is 30.3 Å². The highest BCUT2D eigenvalue weighted by molar-refractivity contribution is 7.99. The first-order chi connectivity index (χ1) is 10.3. The van der Waals surface area contributed by atoms with Crippen LogP contribution in [0.25, 0.3) is 11.1 Å². The van der Waals surface area contributed by atoms with Crippen molar-refractivity contribution in [3.63, 3.8) is 0 Å². The Bertz CT molecular complexity index is 723. The van der Waals surface area contributed by atoms with E-state index >= 15 is 0 Å². The van der Waals surface area contributed by atoms with Gasteiger partial charge in [-0.1, -0.05) is 25.5 Å². The van der Waals surface area contributed by atoms with Gasteiger partial charge < -0.3 is 9.73 Å². The van der Waals surface area contributed by atoms with Crippen LogP contribution in [0, 0.1) is 0 Å². The lowest BCUT2D eigenvalue weighted by Gasteiger charge is -2.09. The number of anilines is 1. The molecule has 108 valence electrons. The highest BCUT2D eigenvalue weighted by atomic mass is 32.2. The molecule has 3 rings (SSSR count). The van der Waals surface area contributed by atoms with Gasteiger partial charge in [-0.15, -0.1) is 0 Å². The Morgan fingerprint density at radius 3 is 2.86 bits per heavy atom. The third-order valence-corrected chi connectivity index (χ3v) is 4.00. The zero-order chi connectivity index (χ0) is 14.7. The van der Waals surface area contributed by atoms with Crippen molar-refractivity contribution in [1.82, 2.24) is 15.0 Å². The first kappa shape index (κ1) is 13.9. The molecule has 0 unspecified atom stereocenters. The SMILES string of the molecule is CCCc1c(NC)ncnc1Sc1nc2ccccc2o1. The smallest absolute Gasteiger partial charge is 0.263 e. The van der Waals surface area contributed by atoms with E-state index in [0.29, 0.717) is 5.22 Å². The second kappa shape index (κ2) is 6.13. The summed E-state index contributed by atoms with van der Waals surface area (Å²) in [4.78, 5) is 13.1. The summed E-state index contributed by atoms with van der Waals surface area (Å²) in [7, 11) is 1.87. The molecule has 1 aromatic carbocycles. The molecule has 0 saturated carbocycles. The predicted octanol–water partition coefficient (Wildman–Crippen LogP) is 3.76. The monoisotopic (exact) mass is 300 g/mol. The summed E-state index contributed by atoms with van der Waals surface area (Å²) in [5, 5.41) is 4.61. The van der Waals surface area contributed by atoms with E-state index in [1.54, 1.807) is 6.33 Å². The van der Waals surface area contributed by atoms with Gasteiger partial charge in [0.05, 0.1) is 0 Å². The van der Waals surface area contributed by atoms with Crippen molar-refractivity contribution >= 4 is 28.7 Å². The lowest BCUT2D eigenvalue weighted by atomic mass is 10.2. The highest BCUT2D eigenvalue weighted by Crippen LogP contribution is 2.33. The molecule has 6 heteroatoms. The topological polar surface area (TPSA) is 63.8 Å². The lowest BCUT2D eigenvalue weighted by Crippen LogP contribution is -2.02. The van der Waals surface area contributed by atoms with Crippen LogP contribution in [-0.2, 0) is 6.42 Å². The second-order valence-corrected chi connectivity index (χ2v) is 5.50. The zero-order valence-corrected chi connectivity index (χ0v) is 12.8. The van der Waals surface area contributed by atoms with E-state index in [1.807, 2.05) is 31.3 Å². The molecular formula is C15H16N4OS. The van der Waals surface area contributed by atoms with E-state index in [9.17, 15) is 0 Å². The number of para-hydroxylation sites is 2. The average molecular weight is 300 g/mol. The third kappa shape index (κ3) is 2.85. The molecule has 0 amide bonds. The standard InChI is InChI=1S/C15H16N4OS/c1-3-6-10-13(16-2)17-9-18-14(10)21-15-19-11-7-4-5-8-12(11)20-15/h4-5,7-9H,3,6H2,1-2H3,(H,16,17,18). The van der Waals surface area contributed by atoms with Crippen LogP contribution < -0.4 is 5.32 Å². The molecule has 0 saturated heterocycles. The van der Waals surface area contributed by atoms with Crippen LogP contribution in [0.15, 0.2) is 45.3 Å². The highest BCUT2D eigenvalue weighted by Gasteiger charge is 2.14. The molecule has 0 aliphatic heterocycles. The minimum absolute atomic E-state index is 0.606. The van der Waals surface area contributed by atoms with Gasteiger partial charge >= 0.3 is 0 Å². The summed E-state index contributed by atoms with van der Waals surface area (Å²) in [6, 6.07) is 7.74. The first-order valence-corrected chi connectivity index (χ1v) is 7.68. The van der Waals surface area contributed by atoms with E-state index in [1.165, 1.54) is 11.8 Å². The van der Waals surface area contributed by atoms with Crippen molar-refractivity contribution in [1.29, 1.82) is 0 Å². The summed E-state index contributed by atoms with van der Waals surface area (Å²) in [5.41, 5.74) is 2.76. The molecule has 0 aliphatic rings. The number of fused-ring (bicyclic) bond motifs is 1. The van der Waals surface area contributed by atoms with Crippen molar-refractivity contribution in [2.24, 2.45) is 0 Å². The Morgan fingerprint density at radius 1 is 1.24 bits per heavy atom. The Morgan fingerprint density at radius 2 is 2.10 bits per heavy atom. The number of oxazole rings is 1. The molecule has 0 radical (unpaired) electrons. The van der Waals surface area contributed by atoms with Crippen molar-refractivity contribution < 1.29 is 4.42 Å². The summed E-state index contributed by atoms with van der Waals surface area (Å²) >= 11 is 1.44. The maximum absolute atomic E-state index is 5.75. The molecule has 21 heavy (non-hydrogen) atoms. The maximum Gasteiger partial charge on any atom is 0.263 e. The fourth-order valence-corrected chi connectivity index (χ4v) is 3.01. The number of nitrogens with zero attached hydrogens (tertiary/aromatic N) is 3. The number of rotatable bonds is 5. The number of hydrogen-bond donors (Lipinski definition) is 1. The molecule has 0 spiro atoms. The van der Waals surface area contributed by atoms with E-state index in [4.69, 9.17) is 4.42 Å². The van der Waals surface area contributed by atoms with Gasteiger partial charge in [0.1, 0.15) is 22.7 Å². The van der Waals surface area contributed by atoms with Gasteiger partial charge in [0.2, 0.25) is 0 Å². The van der Waals surface area contributed by atoms with Crippen molar-refractivity contribution in [3.05, 3.63) is 36.2 Å². The first-order valence-electron chi connectivity index (χ1n) is 6.87. The van der Waals surface area contributed by atoms with Gasteiger partial charge in [-0.2, -0.15) is 0 Å². The van der Waals surface area contributed by atoms with Crippen LogP contribution in [0.3, 0.4) is 0 Å². The molecule has 2 aromatic heterocycles. The van der Waals surface area contributed by atoms with Crippen LogP contribution in [0.1, 0.15) is 18.9 Å². The Labute approximate surface area is 127 Å². The molecule has 3 aromatic rings. The normalized spacial score (nSPS) is 11.0. The fourth-order valence-electron chi connectivity index (χ4n) is 2.15. The van der Waals surface area contributed by atoms with Crippen molar-refractivity contribution in [2.75, 3.05) is 12.4 Å². The van der Waals surface area contributed by atoms with Gasteiger partial charge in [0, 0.05) is 12.6 Å². The lowest BCUT2D eigenvalue weighted by molar-refractivity contribution is 0.489. The predicted molar refractivity (Wildman–Crippen MR) is 83.7 cm³/mol. The van der Waals surface area contributed by atoms with Gasteiger partial charge in [-0.25, -0.2) is 15.0 Å². The molecule has 1 N–H and O–H groups in total. The average Bonchev–Trinajstić information content (AvgIpc) is 2.91. The minimum Gasteiger partial charge on any atom is -0.431 e. The fraction of sp³-hybridized carbons (Fsp3) is 0.267. The maximum atomic E-state index is 5.75. The van der Waals surface area contributed by atoms with Crippen LogP contribution in [0.4, 0.5) is 5.82 Å². The molecule has 0 atom stereocenters. The van der Waals surface area contributed by atoms with Crippen LogP contribution in [-0.4, -0.2) is 22.0 Å². The van der Waals surface area contributed by atoms with Gasteiger partial charge in [-0.3, -0.25) is 0 Å². The molecule has 0 fully saturated rings. The van der Waals surface area contributed by atoms with Crippen molar-refractivity contribution in [3.8, 4) is 0 Å². The van der Waals surface area contributed by atoms with E-state index in [0.717, 1.165) is 40.3 Å². The second-order valence-electron chi connectivity index (χ2n) is 4.56. The Balaban J connectivity index is 1.96. The van der Waals surface area contributed by atoms with Crippen LogP contribution >= 0.6 is 11.8 Å². The quantitative estimate of drug-likeness (QED) is 0.724. The van der Waals surface area contributed by atoms with Gasteiger partial charge in [0.15, 0.2) is 5.58 Å². The summed E-state index contributed by atoms with van der Waals surface area (Å²) in [6.07, 6.45) is 3.51. The largest absolute Gasteiger partial charge is 0.431 e. The Kier molecular flexibility index (Phi) is 4.06. The van der Waals surface area contributed by atoms with E-state index in [-0.39, 0.29) is 0 Å². The number of aromatic nitrogens is 3. The number of hydrogen-bond acceptors (Lipinski definition) is 6. The summed E-state index contributed by atoms with van der Waals surface area (Å²) in [6.45, 7) is 2.14.